The monoisotopic (exact) mass is 446 g/mol. The molecule has 3 heterocycles. The van der Waals surface area contributed by atoms with Crippen molar-refractivity contribution >= 4 is 28.9 Å². The molecular weight excluding hydrogens is 421 g/mol. The van der Waals surface area contributed by atoms with E-state index in [-0.39, 0.29) is 23.6 Å². The number of carbonyl (C=O) groups excluding carboxylic acids is 1. The summed E-state index contributed by atoms with van der Waals surface area (Å²) in [6, 6.07) is 3.45. The van der Waals surface area contributed by atoms with Crippen LogP contribution >= 0.6 is 0 Å². The summed E-state index contributed by atoms with van der Waals surface area (Å²) in [7, 11) is 0. The standard InChI is InChI=1S/C22H25F3N6O/c1-12(2)18-17(29-11-32)6-5-14-15(9-27-20(14)18)19-16(22(23,24)25)10-28-21(31-19)30-13-4-3-7-26-8-13/h5-6,9-13,26-27H,3-4,7-8H2,1-2H3,(H,29,32)(H,28,30,31). The van der Waals surface area contributed by atoms with Gasteiger partial charge in [-0.05, 0) is 31.4 Å². The summed E-state index contributed by atoms with van der Waals surface area (Å²) < 4.78 is 41.5. The molecule has 1 saturated heterocycles. The first-order valence-electron chi connectivity index (χ1n) is 10.6. The van der Waals surface area contributed by atoms with Crippen LogP contribution in [0.15, 0.2) is 24.5 Å². The van der Waals surface area contributed by atoms with Crippen molar-refractivity contribution in [3.8, 4) is 11.3 Å². The molecule has 0 radical (unpaired) electrons. The molecule has 32 heavy (non-hydrogen) atoms. The Labute approximate surface area is 183 Å². The fourth-order valence-electron chi connectivity index (χ4n) is 4.23. The third kappa shape index (κ3) is 4.27. The van der Waals surface area contributed by atoms with E-state index in [1.54, 1.807) is 12.1 Å². The second kappa shape index (κ2) is 8.78. The number of fused-ring (bicyclic) bond motifs is 1. The van der Waals surface area contributed by atoms with Crippen LogP contribution < -0.4 is 16.0 Å². The summed E-state index contributed by atoms with van der Waals surface area (Å²) >= 11 is 0. The first-order valence-corrected chi connectivity index (χ1v) is 10.6. The molecule has 1 unspecified atom stereocenters. The van der Waals surface area contributed by atoms with E-state index in [0.717, 1.165) is 31.1 Å². The molecule has 7 nitrogen and oxygen atoms in total. The number of halogens is 3. The quantitative estimate of drug-likeness (QED) is 0.418. The average molecular weight is 446 g/mol. The van der Waals surface area contributed by atoms with Crippen molar-refractivity contribution in [3.63, 3.8) is 0 Å². The van der Waals surface area contributed by atoms with E-state index in [2.05, 4.69) is 30.9 Å². The number of H-pyrrole nitrogens is 1. The maximum Gasteiger partial charge on any atom is 0.419 e. The molecule has 1 fully saturated rings. The summed E-state index contributed by atoms with van der Waals surface area (Å²) in [5.41, 5.74) is 1.35. The Balaban J connectivity index is 1.84. The molecule has 1 aromatic carbocycles. The van der Waals surface area contributed by atoms with Crippen LogP contribution in [0.3, 0.4) is 0 Å². The predicted octanol–water partition coefficient (Wildman–Crippen LogP) is 4.50. The fraction of sp³-hybridized carbons (Fsp3) is 0.409. The van der Waals surface area contributed by atoms with Crippen LogP contribution in [0.25, 0.3) is 22.2 Å². The molecule has 10 heteroatoms. The summed E-state index contributed by atoms with van der Waals surface area (Å²) in [6.07, 6.45) is 0.216. The number of amides is 1. The highest BCUT2D eigenvalue weighted by Gasteiger charge is 2.36. The van der Waals surface area contributed by atoms with Crippen LogP contribution in [0, 0.1) is 0 Å². The van der Waals surface area contributed by atoms with Gasteiger partial charge in [-0.2, -0.15) is 13.2 Å². The summed E-state index contributed by atoms with van der Waals surface area (Å²) in [5.74, 6) is 0.190. The normalized spacial score (nSPS) is 17.0. The van der Waals surface area contributed by atoms with Crippen molar-refractivity contribution in [1.82, 2.24) is 20.3 Å². The van der Waals surface area contributed by atoms with Crippen LogP contribution in [0.2, 0.25) is 0 Å². The SMILES string of the molecule is CC(C)c1c(NC=O)ccc2c(-c3nc(NC4CCCNC4)ncc3C(F)(F)F)c[nH]c12. The lowest BCUT2D eigenvalue weighted by Crippen LogP contribution is -2.38. The highest BCUT2D eigenvalue weighted by Crippen LogP contribution is 2.41. The third-order valence-corrected chi connectivity index (χ3v) is 5.67. The minimum atomic E-state index is -4.61. The Hall–Kier alpha value is -3.14. The van der Waals surface area contributed by atoms with E-state index in [9.17, 15) is 18.0 Å². The molecule has 0 spiro atoms. The number of benzene rings is 1. The number of carbonyl (C=O) groups is 1. The molecule has 1 amide bonds. The Morgan fingerprint density at radius 2 is 2.09 bits per heavy atom. The van der Waals surface area contributed by atoms with Gasteiger partial charge in [0.05, 0.1) is 11.2 Å². The third-order valence-electron chi connectivity index (χ3n) is 5.67. The largest absolute Gasteiger partial charge is 0.419 e. The number of hydrogen-bond acceptors (Lipinski definition) is 5. The molecule has 0 bridgehead atoms. The summed E-state index contributed by atoms with van der Waals surface area (Å²) in [6.45, 7) is 5.54. The Bertz CT molecular complexity index is 1120. The smallest absolute Gasteiger partial charge is 0.360 e. The number of aromatic nitrogens is 3. The van der Waals surface area contributed by atoms with E-state index in [1.165, 1.54) is 6.20 Å². The number of aromatic amines is 1. The van der Waals surface area contributed by atoms with Crippen molar-refractivity contribution in [2.24, 2.45) is 0 Å². The van der Waals surface area contributed by atoms with Crippen LogP contribution in [0.4, 0.5) is 24.8 Å². The molecule has 1 atom stereocenters. The highest BCUT2D eigenvalue weighted by molar-refractivity contribution is 6.00. The Morgan fingerprint density at radius 3 is 2.75 bits per heavy atom. The number of nitrogens with zero attached hydrogens (tertiary/aromatic N) is 2. The van der Waals surface area contributed by atoms with Crippen molar-refractivity contribution in [2.45, 2.75) is 44.8 Å². The van der Waals surface area contributed by atoms with Gasteiger partial charge in [-0.15, -0.1) is 0 Å². The van der Waals surface area contributed by atoms with Crippen molar-refractivity contribution in [1.29, 1.82) is 0 Å². The van der Waals surface area contributed by atoms with Gasteiger partial charge in [-0.25, -0.2) is 9.97 Å². The van der Waals surface area contributed by atoms with Crippen LogP contribution in [-0.4, -0.2) is 40.5 Å². The van der Waals surface area contributed by atoms with E-state index >= 15 is 0 Å². The van der Waals surface area contributed by atoms with Crippen LogP contribution in [0.1, 0.15) is 43.7 Å². The zero-order valence-electron chi connectivity index (χ0n) is 17.8. The predicted molar refractivity (Wildman–Crippen MR) is 118 cm³/mol. The Morgan fingerprint density at radius 1 is 1.28 bits per heavy atom. The molecule has 0 saturated carbocycles. The summed E-state index contributed by atoms with van der Waals surface area (Å²) in [5, 5.41) is 9.67. The minimum Gasteiger partial charge on any atom is -0.360 e. The minimum absolute atomic E-state index is 0.0242. The maximum atomic E-state index is 13.8. The lowest BCUT2D eigenvalue weighted by Gasteiger charge is -2.24. The van der Waals surface area contributed by atoms with Gasteiger partial charge in [0.15, 0.2) is 0 Å². The van der Waals surface area contributed by atoms with Gasteiger partial charge in [0.25, 0.3) is 0 Å². The van der Waals surface area contributed by atoms with E-state index < -0.39 is 11.7 Å². The topological polar surface area (TPSA) is 94.7 Å². The van der Waals surface area contributed by atoms with Gasteiger partial charge in [-0.3, -0.25) is 4.79 Å². The number of alkyl halides is 3. The molecule has 1 aliphatic rings. The van der Waals surface area contributed by atoms with Gasteiger partial charge in [0, 0.05) is 47.2 Å². The molecule has 0 aliphatic carbocycles. The van der Waals surface area contributed by atoms with Crippen molar-refractivity contribution in [2.75, 3.05) is 23.7 Å². The zero-order valence-corrected chi connectivity index (χ0v) is 17.8. The fourth-order valence-corrected chi connectivity index (χ4v) is 4.23. The second-order valence-corrected chi connectivity index (χ2v) is 8.21. The van der Waals surface area contributed by atoms with Crippen LogP contribution in [-0.2, 0) is 11.0 Å². The number of anilines is 2. The molecule has 2 aromatic heterocycles. The molecule has 4 rings (SSSR count). The van der Waals surface area contributed by atoms with E-state index in [0.29, 0.717) is 35.1 Å². The zero-order chi connectivity index (χ0) is 22.9. The molecule has 1 aliphatic heterocycles. The second-order valence-electron chi connectivity index (χ2n) is 8.21. The van der Waals surface area contributed by atoms with Gasteiger partial charge in [-0.1, -0.05) is 19.9 Å². The first kappa shape index (κ1) is 22.1. The lowest BCUT2D eigenvalue weighted by atomic mass is 9.96. The lowest BCUT2D eigenvalue weighted by molar-refractivity contribution is -0.137. The van der Waals surface area contributed by atoms with E-state index in [4.69, 9.17) is 0 Å². The van der Waals surface area contributed by atoms with Gasteiger partial charge >= 0.3 is 6.18 Å². The summed E-state index contributed by atoms with van der Waals surface area (Å²) in [4.78, 5) is 22.3. The number of piperidine rings is 1. The van der Waals surface area contributed by atoms with Crippen LogP contribution in [0.5, 0.6) is 0 Å². The van der Waals surface area contributed by atoms with Crippen molar-refractivity contribution in [3.05, 3.63) is 35.7 Å². The van der Waals surface area contributed by atoms with Crippen molar-refractivity contribution < 1.29 is 18.0 Å². The van der Waals surface area contributed by atoms with Gasteiger partial charge in [0.1, 0.15) is 5.56 Å². The van der Waals surface area contributed by atoms with Gasteiger partial charge in [0.2, 0.25) is 12.4 Å². The Kier molecular flexibility index (Phi) is 6.05. The van der Waals surface area contributed by atoms with Gasteiger partial charge < -0.3 is 20.9 Å². The number of hydrogen-bond donors (Lipinski definition) is 4. The molecule has 170 valence electrons. The number of nitrogens with one attached hydrogen (secondary N) is 4. The van der Waals surface area contributed by atoms with E-state index in [1.807, 2.05) is 13.8 Å². The molecular formula is C22H25F3N6O. The maximum absolute atomic E-state index is 13.8. The molecule has 4 N–H and O–H groups in total. The highest BCUT2D eigenvalue weighted by atomic mass is 19.4. The average Bonchev–Trinajstić information content (AvgIpc) is 3.17. The molecule has 3 aromatic rings. The number of rotatable bonds is 6. The first-order chi connectivity index (χ1) is 15.3.